The Balaban J connectivity index is 1.51. The Hall–Kier alpha value is -4.03. The van der Waals surface area contributed by atoms with E-state index in [0.717, 1.165) is 11.3 Å². The molecule has 2 aromatic heterocycles. The van der Waals surface area contributed by atoms with Crippen LogP contribution in [0.15, 0.2) is 18.6 Å². The van der Waals surface area contributed by atoms with E-state index in [9.17, 15) is 14.4 Å². The number of fused-ring (bicyclic) bond motifs is 1. The zero-order valence-corrected chi connectivity index (χ0v) is 23.0. The summed E-state index contributed by atoms with van der Waals surface area (Å²) in [5.74, 6) is -0.650. The highest BCUT2D eigenvalue weighted by atomic mass is 16.6. The minimum Gasteiger partial charge on any atom is -0.478 e. The number of hydrogen-bond donors (Lipinski definition) is 1. The molecule has 2 aliphatic rings. The summed E-state index contributed by atoms with van der Waals surface area (Å²) in [7, 11) is 0. The fourth-order valence-electron chi connectivity index (χ4n) is 4.27. The number of rotatable bonds is 6. The van der Waals surface area contributed by atoms with Gasteiger partial charge >= 0.3 is 18.0 Å². The van der Waals surface area contributed by atoms with Gasteiger partial charge in [-0.25, -0.2) is 34.3 Å². The highest BCUT2D eigenvalue weighted by molar-refractivity contribution is 5.87. The van der Waals surface area contributed by atoms with Crippen LogP contribution in [0.4, 0.5) is 16.7 Å². The highest BCUT2D eigenvalue weighted by Gasteiger charge is 2.37. The number of carbonyl (C=O) groups excluding carboxylic acids is 2. The van der Waals surface area contributed by atoms with Crippen LogP contribution in [0.25, 0.3) is 0 Å². The number of ether oxygens (including phenoxy) is 2. The van der Waals surface area contributed by atoms with Gasteiger partial charge in [-0.3, -0.25) is 0 Å². The molecule has 1 atom stereocenters. The normalized spacial score (nSPS) is 17.6. The highest BCUT2D eigenvalue weighted by Crippen LogP contribution is 2.24. The van der Waals surface area contributed by atoms with Crippen molar-refractivity contribution >= 4 is 29.9 Å². The summed E-state index contributed by atoms with van der Waals surface area (Å²) in [4.78, 5) is 59.8. The van der Waals surface area contributed by atoms with Crippen LogP contribution < -0.4 is 9.80 Å². The zero-order chi connectivity index (χ0) is 28.3. The fraction of sp³-hybridized carbons (Fsp3) is 0.577. The Morgan fingerprint density at radius 1 is 1.05 bits per heavy atom. The summed E-state index contributed by atoms with van der Waals surface area (Å²) in [5, 5.41) is 9.17. The van der Waals surface area contributed by atoms with Gasteiger partial charge in [0, 0.05) is 50.2 Å². The molecule has 2 aliphatic heterocycles. The maximum Gasteiger partial charge on any atom is 0.410 e. The maximum atomic E-state index is 13.1. The summed E-state index contributed by atoms with van der Waals surface area (Å²) in [6.45, 7) is 11.6. The van der Waals surface area contributed by atoms with Gasteiger partial charge < -0.3 is 29.3 Å². The minimum absolute atomic E-state index is 0.0380. The van der Waals surface area contributed by atoms with E-state index in [0.29, 0.717) is 38.5 Å². The molecule has 39 heavy (non-hydrogen) atoms. The predicted molar refractivity (Wildman–Crippen MR) is 141 cm³/mol. The monoisotopic (exact) mass is 541 g/mol. The number of carboxylic acid groups (broad SMARTS) is 1. The number of hydrogen-bond acceptors (Lipinski definition) is 11. The average molecular weight is 542 g/mol. The molecule has 0 radical (unpaired) electrons. The number of amides is 1. The van der Waals surface area contributed by atoms with Crippen LogP contribution in [0, 0.1) is 5.92 Å². The lowest BCUT2D eigenvalue weighted by atomic mass is 10.1. The average Bonchev–Trinajstić information content (AvgIpc) is 2.89. The number of aromatic carboxylic acids is 1. The molecule has 0 spiro atoms. The molecule has 0 bridgehead atoms. The van der Waals surface area contributed by atoms with Gasteiger partial charge in [0.2, 0.25) is 11.9 Å². The van der Waals surface area contributed by atoms with Crippen molar-refractivity contribution in [2.24, 2.45) is 5.92 Å². The van der Waals surface area contributed by atoms with Gasteiger partial charge in [0.25, 0.3) is 0 Å². The van der Waals surface area contributed by atoms with Gasteiger partial charge in [0.15, 0.2) is 0 Å². The third-order valence-electron chi connectivity index (χ3n) is 6.21. The summed E-state index contributed by atoms with van der Waals surface area (Å²) in [5.41, 5.74) is 1.10. The van der Waals surface area contributed by atoms with E-state index in [1.807, 2.05) is 39.5 Å². The van der Waals surface area contributed by atoms with E-state index in [-0.39, 0.29) is 36.7 Å². The molecule has 4 heterocycles. The lowest BCUT2D eigenvalue weighted by Crippen LogP contribution is -2.58. The number of nitrogens with zero attached hydrogens (tertiary/aromatic N) is 7. The molecule has 13 nitrogen and oxygen atoms in total. The second-order valence-corrected chi connectivity index (χ2v) is 11.0. The second-order valence-electron chi connectivity index (χ2n) is 11.0. The van der Waals surface area contributed by atoms with Crippen molar-refractivity contribution in [3.8, 4) is 0 Å². The second kappa shape index (κ2) is 11.4. The predicted octanol–water partition coefficient (Wildman–Crippen LogP) is 2.15. The van der Waals surface area contributed by atoms with Crippen molar-refractivity contribution in [1.82, 2.24) is 24.8 Å². The molecule has 0 aromatic carbocycles. The van der Waals surface area contributed by atoms with E-state index in [1.165, 1.54) is 12.4 Å². The van der Waals surface area contributed by atoms with Crippen LogP contribution in [0.1, 0.15) is 56.2 Å². The maximum absolute atomic E-state index is 13.1. The van der Waals surface area contributed by atoms with Gasteiger partial charge in [-0.15, -0.1) is 0 Å². The SMILES string of the molecule is CC(C)COC(=O)[C@@H]1CN(c2ncc3c(n2)CCN(C(=O)OC(C)(C)C)C3)CCN1c1ncc(C(=O)O)cn1. The molecule has 0 aliphatic carbocycles. The third-order valence-corrected chi connectivity index (χ3v) is 6.21. The molecule has 1 amide bonds. The number of piperazine rings is 1. The molecule has 1 N–H and O–H groups in total. The van der Waals surface area contributed by atoms with Crippen molar-refractivity contribution in [3.63, 3.8) is 0 Å². The topological polar surface area (TPSA) is 151 Å². The van der Waals surface area contributed by atoms with Gasteiger partial charge in [0.1, 0.15) is 11.6 Å². The number of aromatic nitrogens is 4. The summed E-state index contributed by atoms with van der Waals surface area (Å²) in [6, 6.07) is -0.740. The van der Waals surface area contributed by atoms with E-state index >= 15 is 0 Å². The lowest BCUT2D eigenvalue weighted by molar-refractivity contribution is -0.146. The number of anilines is 2. The van der Waals surface area contributed by atoms with Gasteiger partial charge in [0.05, 0.1) is 31.0 Å². The lowest BCUT2D eigenvalue weighted by Gasteiger charge is -2.40. The molecular formula is C26H35N7O6. The molecular weight excluding hydrogens is 506 g/mol. The molecule has 13 heteroatoms. The Labute approximate surface area is 227 Å². The molecule has 1 fully saturated rings. The molecule has 2 aromatic rings. The quantitative estimate of drug-likeness (QED) is 0.534. The van der Waals surface area contributed by atoms with Crippen molar-refractivity contribution in [1.29, 1.82) is 0 Å². The Kier molecular flexibility index (Phi) is 8.17. The first-order valence-electron chi connectivity index (χ1n) is 13.0. The van der Waals surface area contributed by atoms with Crippen LogP contribution >= 0.6 is 0 Å². The van der Waals surface area contributed by atoms with Crippen molar-refractivity contribution in [2.75, 3.05) is 42.6 Å². The van der Waals surface area contributed by atoms with Gasteiger partial charge in [-0.05, 0) is 26.7 Å². The molecule has 1 saturated heterocycles. The summed E-state index contributed by atoms with van der Waals surface area (Å²) in [6.07, 6.45) is 4.37. The summed E-state index contributed by atoms with van der Waals surface area (Å²) < 4.78 is 11.0. The molecule has 4 rings (SSSR count). The van der Waals surface area contributed by atoms with Crippen LogP contribution in [0.5, 0.6) is 0 Å². The molecule has 0 saturated carbocycles. The number of esters is 1. The van der Waals surface area contributed by atoms with E-state index in [4.69, 9.17) is 19.6 Å². The van der Waals surface area contributed by atoms with Crippen LogP contribution in [0.3, 0.4) is 0 Å². The fourth-order valence-corrected chi connectivity index (χ4v) is 4.27. The van der Waals surface area contributed by atoms with E-state index in [2.05, 4.69) is 15.0 Å². The van der Waals surface area contributed by atoms with Crippen LogP contribution in [-0.2, 0) is 27.2 Å². The third kappa shape index (κ3) is 6.89. The molecule has 0 unspecified atom stereocenters. The van der Waals surface area contributed by atoms with Crippen molar-refractivity contribution < 1.29 is 29.0 Å². The first kappa shape index (κ1) is 28.0. The number of carbonyl (C=O) groups is 3. The largest absolute Gasteiger partial charge is 0.478 e. The van der Waals surface area contributed by atoms with E-state index in [1.54, 1.807) is 16.0 Å². The first-order chi connectivity index (χ1) is 18.4. The first-order valence-corrected chi connectivity index (χ1v) is 13.0. The molecule has 210 valence electrons. The summed E-state index contributed by atoms with van der Waals surface area (Å²) >= 11 is 0. The zero-order valence-electron chi connectivity index (χ0n) is 23.0. The minimum atomic E-state index is -1.13. The Morgan fingerprint density at radius 3 is 2.38 bits per heavy atom. The van der Waals surface area contributed by atoms with Gasteiger partial charge in [-0.1, -0.05) is 13.8 Å². The number of carboxylic acids is 1. The smallest absolute Gasteiger partial charge is 0.410 e. The van der Waals surface area contributed by atoms with Gasteiger partial charge in [-0.2, -0.15) is 0 Å². The van der Waals surface area contributed by atoms with Crippen molar-refractivity contribution in [2.45, 2.75) is 59.2 Å². The van der Waals surface area contributed by atoms with Crippen LogP contribution in [0.2, 0.25) is 0 Å². The Morgan fingerprint density at radius 2 is 1.74 bits per heavy atom. The van der Waals surface area contributed by atoms with Crippen molar-refractivity contribution in [3.05, 3.63) is 35.4 Å². The van der Waals surface area contributed by atoms with E-state index < -0.39 is 23.6 Å². The standard InChI is InChI=1S/C26H35N7O6/c1-16(2)15-38-22(36)20-14-31(8-9-33(20)23-27-10-17(11-28-23)21(34)35)24-29-12-18-13-32(7-6-19(18)30-24)25(37)39-26(3,4)5/h10-12,16,20H,6-9,13-15H2,1-5H3,(H,34,35)/t20-/m0/s1. The van der Waals surface area contributed by atoms with Crippen LogP contribution in [-0.4, -0.2) is 92.4 Å². The Bertz CT molecular complexity index is 1210.